The van der Waals surface area contributed by atoms with E-state index in [1.54, 1.807) is 13.0 Å². The number of rotatable bonds is 6. The summed E-state index contributed by atoms with van der Waals surface area (Å²) >= 11 is 0. The lowest BCUT2D eigenvalue weighted by molar-refractivity contribution is -0.137. The zero-order valence-electron chi connectivity index (χ0n) is 19.6. The molecule has 3 aromatic rings. The molecular formula is C26H25N3O7. The lowest BCUT2D eigenvalue weighted by Gasteiger charge is -2.23. The van der Waals surface area contributed by atoms with Gasteiger partial charge in [-0.05, 0) is 43.0 Å². The predicted molar refractivity (Wildman–Crippen MR) is 129 cm³/mol. The normalized spacial score (nSPS) is 14.9. The number of hydrogen-bond donors (Lipinski definition) is 2. The summed E-state index contributed by atoms with van der Waals surface area (Å²) in [6.45, 7) is 1.81. The molecule has 2 heterocycles. The van der Waals surface area contributed by atoms with E-state index in [1.165, 1.54) is 23.1 Å². The summed E-state index contributed by atoms with van der Waals surface area (Å²) in [6.07, 6.45) is 0.215. The van der Waals surface area contributed by atoms with Crippen molar-refractivity contribution in [1.82, 2.24) is 15.5 Å². The maximum absolute atomic E-state index is 12.8. The first kappa shape index (κ1) is 24.6. The van der Waals surface area contributed by atoms with Gasteiger partial charge in [-0.3, -0.25) is 19.7 Å². The minimum Gasteiger partial charge on any atom is -0.445 e. The molecule has 4 rings (SSSR count). The Hall–Kier alpha value is -4.47. The third-order valence-corrected chi connectivity index (χ3v) is 5.92. The van der Waals surface area contributed by atoms with Crippen LogP contribution < -0.4 is 16.3 Å². The highest BCUT2D eigenvalue weighted by Gasteiger charge is 2.35. The van der Waals surface area contributed by atoms with Crippen LogP contribution in [-0.2, 0) is 20.9 Å². The Morgan fingerprint density at radius 3 is 2.64 bits per heavy atom. The number of carbonyl (C=O) groups excluding carboxylic acids is 4. The summed E-state index contributed by atoms with van der Waals surface area (Å²) in [4.78, 5) is 63.0. The van der Waals surface area contributed by atoms with Gasteiger partial charge < -0.3 is 19.4 Å². The first-order chi connectivity index (χ1) is 17.3. The predicted octanol–water partition coefficient (Wildman–Crippen LogP) is 2.28. The van der Waals surface area contributed by atoms with Crippen LogP contribution in [0.25, 0.3) is 11.0 Å². The first-order valence-electron chi connectivity index (χ1n) is 11.5. The molecule has 0 aliphatic carbocycles. The van der Waals surface area contributed by atoms with E-state index in [-0.39, 0.29) is 24.3 Å². The molecule has 0 saturated carbocycles. The molecule has 1 fully saturated rings. The number of carbonyl (C=O) groups is 4. The Balaban J connectivity index is 1.32. The number of benzene rings is 2. The van der Waals surface area contributed by atoms with Crippen molar-refractivity contribution >= 4 is 34.8 Å². The SMILES string of the molecule is Cc1cc(=O)oc2cc(C(=O)NC(=O)[C@@H]3CCCN3C(=O)CNC(=O)OCc3ccccc3)ccc12. The number of amides is 4. The highest BCUT2D eigenvalue weighted by atomic mass is 16.5. The number of alkyl carbamates (subject to hydrolysis) is 1. The summed E-state index contributed by atoms with van der Waals surface area (Å²) in [5.41, 5.74) is 1.36. The van der Waals surface area contributed by atoms with E-state index in [2.05, 4.69) is 10.6 Å². The van der Waals surface area contributed by atoms with Crippen LogP contribution in [-0.4, -0.2) is 47.8 Å². The van der Waals surface area contributed by atoms with Crippen LogP contribution >= 0.6 is 0 Å². The third-order valence-electron chi connectivity index (χ3n) is 5.92. The average molecular weight is 492 g/mol. The van der Waals surface area contributed by atoms with Gasteiger partial charge in [0.15, 0.2) is 0 Å². The van der Waals surface area contributed by atoms with Crippen molar-refractivity contribution in [2.45, 2.75) is 32.4 Å². The second-order valence-corrected chi connectivity index (χ2v) is 8.44. The molecule has 10 heteroatoms. The van der Waals surface area contributed by atoms with Gasteiger partial charge in [-0.2, -0.15) is 0 Å². The monoisotopic (exact) mass is 491 g/mol. The Morgan fingerprint density at radius 2 is 1.86 bits per heavy atom. The molecule has 0 radical (unpaired) electrons. The summed E-state index contributed by atoms with van der Waals surface area (Å²) in [7, 11) is 0. The Morgan fingerprint density at radius 1 is 1.08 bits per heavy atom. The minimum absolute atomic E-state index is 0.0650. The second-order valence-electron chi connectivity index (χ2n) is 8.44. The number of hydrogen-bond acceptors (Lipinski definition) is 7. The number of imide groups is 1. The van der Waals surface area contributed by atoms with Crippen LogP contribution in [0, 0.1) is 6.92 Å². The van der Waals surface area contributed by atoms with E-state index in [1.807, 2.05) is 30.3 Å². The van der Waals surface area contributed by atoms with E-state index < -0.39 is 35.5 Å². The molecule has 1 saturated heterocycles. The second kappa shape index (κ2) is 10.9. The number of likely N-dealkylation sites (tertiary alicyclic amines) is 1. The fourth-order valence-electron chi connectivity index (χ4n) is 4.09. The Kier molecular flexibility index (Phi) is 7.43. The van der Waals surface area contributed by atoms with Crippen LogP contribution in [0.5, 0.6) is 0 Å². The van der Waals surface area contributed by atoms with Gasteiger partial charge in [0.05, 0.1) is 0 Å². The van der Waals surface area contributed by atoms with Gasteiger partial charge in [-0.15, -0.1) is 0 Å². The molecule has 4 amide bonds. The smallest absolute Gasteiger partial charge is 0.407 e. The van der Waals surface area contributed by atoms with E-state index in [0.29, 0.717) is 30.3 Å². The van der Waals surface area contributed by atoms with Gasteiger partial charge in [0.2, 0.25) is 11.8 Å². The van der Waals surface area contributed by atoms with Crippen molar-refractivity contribution in [2.24, 2.45) is 0 Å². The van der Waals surface area contributed by atoms with Crippen molar-refractivity contribution in [3.05, 3.63) is 81.7 Å². The summed E-state index contributed by atoms with van der Waals surface area (Å²) in [5, 5.41) is 5.39. The quantitative estimate of drug-likeness (QED) is 0.399. The minimum atomic E-state index is -0.843. The Labute approximate surface area is 206 Å². The number of aryl methyl sites for hydroxylation is 1. The number of nitrogens with one attached hydrogen (secondary N) is 2. The molecule has 2 N–H and O–H groups in total. The zero-order chi connectivity index (χ0) is 25.7. The molecule has 1 aliphatic rings. The topological polar surface area (TPSA) is 135 Å². The van der Waals surface area contributed by atoms with Gasteiger partial charge in [-0.1, -0.05) is 36.4 Å². The third kappa shape index (κ3) is 5.77. The maximum atomic E-state index is 12.8. The largest absolute Gasteiger partial charge is 0.445 e. The van der Waals surface area contributed by atoms with Crippen molar-refractivity contribution < 1.29 is 28.3 Å². The fourth-order valence-corrected chi connectivity index (χ4v) is 4.09. The van der Waals surface area contributed by atoms with E-state index in [9.17, 15) is 24.0 Å². The molecule has 36 heavy (non-hydrogen) atoms. The lowest BCUT2D eigenvalue weighted by atomic mass is 10.1. The number of nitrogens with zero attached hydrogens (tertiary/aromatic N) is 1. The molecule has 2 aromatic carbocycles. The molecule has 1 atom stereocenters. The average Bonchev–Trinajstić information content (AvgIpc) is 3.36. The van der Waals surface area contributed by atoms with Crippen molar-refractivity contribution in [2.75, 3.05) is 13.1 Å². The molecule has 1 aromatic heterocycles. The van der Waals surface area contributed by atoms with Gasteiger partial charge >= 0.3 is 11.7 Å². The van der Waals surface area contributed by atoms with Gasteiger partial charge in [0.25, 0.3) is 5.91 Å². The highest BCUT2D eigenvalue weighted by Crippen LogP contribution is 2.20. The summed E-state index contributed by atoms with van der Waals surface area (Å²) in [6, 6.07) is 14.2. The highest BCUT2D eigenvalue weighted by molar-refractivity contribution is 6.08. The number of fused-ring (bicyclic) bond motifs is 1. The van der Waals surface area contributed by atoms with Crippen molar-refractivity contribution in [3.63, 3.8) is 0 Å². The van der Waals surface area contributed by atoms with Crippen molar-refractivity contribution in [3.8, 4) is 0 Å². The van der Waals surface area contributed by atoms with Crippen molar-refractivity contribution in [1.29, 1.82) is 0 Å². The van der Waals surface area contributed by atoms with E-state index in [0.717, 1.165) is 5.56 Å². The molecule has 186 valence electrons. The maximum Gasteiger partial charge on any atom is 0.407 e. The van der Waals surface area contributed by atoms with E-state index >= 15 is 0 Å². The molecule has 10 nitrogen and oxygen atoms in total. The van der Waals surface area contributed by atoms with Gasteiger partial charge in [0.1, 0.15) is 24.8 Å². The van der Waals surface area contributed by atoms with Crippen LogP contribution in [0.2, 0.25) is 0 Å². The van der Waals surface area contributed by atoms with Gasteiger partial charge in [-0.25, -0.2) is 9.59 Å². The lowest BCUT2D eigenvalue weighted by Crippen LogP contribution is -2.50. The summed E-state index contributed by atoms with van der Waals surface area (Å²) < 4.78 is 10.2. The molecule has 1 aliphatic heterocycles. The van der Waals surface area contributed by atoms with E-state index in [4.69, 9.17) is 9.15 Å². The van der Waals surface area contributed by atoms with Crippen LogP contribution in [0.1, 0.15) is 34.3 Å². The van der Waals surface area contributed by atoms with Gasteiger partial charge in [0, 0.05) is 23.6 Å². The van der Waals surface area contributed by atoms with Crippen LogP contribution in [0.15, 0.2) is 63.8 Å². The number of ether oxygens (including phenoxy) is 1. The Bertz CT molecular complexity index is 1370. The molecular weight excluding hydrogens is 466 g/mol. The first-order valence-corrected chi connectivity index (χ1v) is 11.5. The fraction of sp³-hybridized carbons (Fsp3) is 0.269. The summed E-state index contributed by atoms with van der Waals surface area (Å²) in [5.74, 6) is -1.75. The molecule has 0 spiro atoms. The standard InChI is InChI=1S/C26H25N3O7/c1-16-12-23(31)36-21-13-18(9-10-19(16)21)24(32)28-25(33)20-8-5-11-29(20)22(30)14-27-26(34)35-15-17-6-3-2-4-7-17/h2-4,6-7,9-10,12-13,20H,5,8,11,14-15H2,1H3,(H,27,34)(H,28,32,33)/t20-/m0/s1. The zero-order valence-corrected chi connectivity index (χ0v) is 19.6. The molecule has 0 unspecified atom stereocenters. The van der Waals surface area contributed by atoms with Crippen LogP contribution in [0.4, 0.5) is 4.79 Å². The molecule has 0 bridgehead atoms. The van der Waals surface area contributed by atoms with Crippen LogP contribution in [0.3, 0.4) is 0 Å².